The number of benzene rings is 3. The molecule has 0 radical (unpaired) electrons. The Labute approximate surface area is 224 Å². The van der Waals surface area contributed by atoms with Crippen LogP contribution in [0.5, 0.6) is 5.75 Å². The van der Waals surface area contributed by atoms with Crippen molar-refractivity contribution in [1.29, 1.82) is 0 Å². The fraction of sp³-hybridized carbons (Fsp3) is 0.138. The third-order valence-corrected chi connectivity index (χ3v) is 5.89. The number of hydrogen-bond acceptors (Lipinski definition) is 6. The molecule has 0 aliphatic rings. The summed E-state index contributed by atoms with van der Waals surface area (Å²) in [5.74, 6) is -1.45. The van der Waals surface area contributed by atoms with E-state index in [0.29, 0.717) is 34.9 Å². The molecule has 1 heterocycles. The molecule has 0 aliphatic carbocycles. The van der Waals surface area contributed by atoms with Crippen molar-refractivity contribution >= 4 is 29.5 Å². The molecular weight excluding hydrogens is 504 g/mol. The van der Waals surface area contributed by atoms with Gasteiger partial charge in [0.1, 0.15) is 18.2 Å². The summed E-state index contributed by atoms with van der Waals surface area (Å²) in [4.78, 5) is 28.2. The third kappa shape index (κ3) is 7.07. The summed E-state index contributed by atoms with van der Waals surface area (Å²) in [6, 6.07) is 21.2. The van der Waals surface area contributed by atoms with Gasteiger partial charge in [-0.05, 0) is 47.5 Å². The largest absolute Gasteiger partial charge is 0.491 e. The molecule has 0 spiro atoms. The maximum absolute atomic E-state index is 13.5. The van der Waals surface area contributed by atoms with E-state index >= 15 is 0 Å². The van der Waals surface area contributed by atoms with Gasteiger partial charge in [-0.15, -0.1) is 0 Å². The van der Waals surface area contributed by atoms with Gasteiger partial charge >= 0.3 is 0 Å². The number of halogens is 2. The first kappa shape index (κ1) is 27.1. The molecule has 3 aromatic carbocycles. The minimum atomic E-state index is -0.979. The maximum atomic E-state index is 13.5. The summed E-state index contributed by atoms with van der Waals surface area (Å²) in [5, 5.41) is 11.7. The van der Waals surface area contributed by atoms with Gasteiger partial charge in [-0.1, -0.05) is 36.4 Å². The van der Waals surface area contributed by atoms with E-state index in [9.17, 15) is 18.4 Å². The first-order valence-corrected chi connectivity index (χ1v) is 12.1. The minimum Gasteiger partial charge on any atom is -0.491 e. The molecule has 0 fully saturated rings. The van der Waals surface area contributed by atoms with Gasteiger partial charge in [0.15, 0.2) is 11.6 Å². The number of nitrogens with one attached hydrogen (secondary N) is 4. The molecule has 4 N–H and O–H groups in total. The van der Waals surface area contributed by atoms with Crippen LogP contribution in [0.3, 0.4) is 0 Å². The number of ether oxygens (including phenoxy) is 1. The molecule has 200 valence electrons. The Kier molecular flexibility index (Phi) is 9.02. The fourth-order valence-electron chi connectivity index (χ4n) is 3.89. The lowest BCUT2D eigenvalue weighted by Crippen LogP contribution is -2.26. The van der Waals surface area contributed by atoms with E-state index in [-0.39, 0.29) is 24.8 Å². The summed E-state index contributed by atoms with van der Waals surface area (Å²) in [6.07, 6.45) is 2.17. The Balaban J connectivity index is 1.51. The maximum Gasteiger partial charge on any atom is 0.255 e. The van der Waals surface area contributed by atoms with Crippen LogP contribution in [0.4, 0.5) is 26.0 Å². The molecule has 1 atom stereocenters. The number of pyridine rings is 1. The number of rotatable bonds is 12. The van der Waals surface area contributed by atoms with E-state index in [4.69, 9.17) is 4.74 Å². The Bertz CT molecular complexity index is 1440. The van der Waals surface area contributed by atoms with Gasteiger partial charge in [-0.3, -0.25) is 9.59 Å². The van der Waals surface area contributed by atoms with Crippen LogP contribution in [-0.2, 0) is 11.3 Å². The predicted octanol–water partition coefficient (Wildman–Crippen LogP) is 5.13. The molecular formula is C29H27F2N5O3. The number of nitrogens with zero attached hydrogens (tertiary/aromatic N) is 1. The highest BCUT2D eigenvalue weighted by atomic mass is 19.2. The van der Waals surface area contributed by atoms with Gasteiger partial charge in [0.25, 0.3) is 5.91 Å². The quantitative estimate of drug-likeness (QED) is 0.189. The molecule has 4 aromatic rings. The summed E-state index contributed by atoms with van der Waals surface area (Å²) >= 11 is 0. The second-order valence-corrected chi connectivity index (χ2v) is 8.47. The normalized spacial score (nSPS) is 11.3. The summed E-state index contributed by atoms with van der Waals surface area (Å²) in [7, 11) is 1.74. The van der Waals surface area contributed by atoms with E-state index in [0.717, 1.165) is 17.7 Å². The average molecular weight is 532 g/mol. The van der Waals surface area contributed by atoms with Crippen molar-refractivity contribution < 1.29 is 23.1 Å². The Morgan fingerprint density at radius 1 is 0.974 bits per heavy atom. The van der Waals surface area contributed by atoms with Gasteiger partial charge in [0, 0.05) is 25.9 Å². The zero-order valence-corrected chi connectivity index (χ0v) is 21.1. The topological polar surface area (TPSA) is 104 Å². The van der Waals surface area contributed by atoms with Gasteiger partial charge < -0.3 is 26.0 Å². The molecule has 4 rings (SSSR count). The van der Waals surface area contributed by atoms with Crippen molar-refractivity contribution in [2.24, 2.45) is 0 Å². The molecule has 0 saturated carbocycles. The molecule has 0 bridgehead atoms. The Morgan fingerprint density at radius 3 is 2.54 bits per heavy atom. The van der Waals surface area contributed by atoms with Gasteiger partial charge in [0.05, 0.1) is 23.0 Å². The second kappa shape index (κ2) is 13.0. The van der Waals surface area contributed by atoms with E-state index in [1.54, 1.807) is 43.6 Å². The number of hydrogen-bond donors (Lipinski definition) is 4. The first-order valence-electron chi connectivity index (χ1n) is 12.1. The molecule has 10 heteroatoms. The van der Waals surface area contributed by atoms with Crippen LogP contribution in [0, 0.1) is 11.6 Å². The van der Waals surface area contributed by atoms with Crippen molar-refractivity contribution in [2.45, 2.75) is 12.6 Å². The fourth-order valence-corrected chi connectivity index (χ4v) is 3.89. The smallest absolute Gasteiger partial charge is 0.255 e. The SMILES string of the molecule is CNc1cc(OCC(Nc2ncccc2C(=O)NCc2ccc(F)c(F)c2)c2ccccc2)ccc1NC=O. The van der Waals surface area contributed by atoms with Crippen LogP contribution >= 0.6 is 0 Å². The lowest BCUT2D eigenvalue weighted by molar-refractivity contribution is -0.105. The number of amides is 2. The van der Waals surface area contributed by atoms with Crippen LogP contribution < -0.4 is 26.0 Å². The number of aromatic nitrogens is 1. The van der Waals surface area contributed by atoms with Gasteiger partial charge in [-0.25, -0.2) is 13.8 Å². The Hall–Kier alpha value is -4.99. The minimum absolute atomic E-state index is 0.0122. The molecule has 0 aliphatic heterocycles. The highest BCUT2D eigenvalue weighted by Crippen LogP contribution is 2.28. The molecule has 8 nitrogen and oxygen atoms in total. The van der Waals surface area contributed by atoms with E-state index in [1.165, 1.54) is 6.07 Å². The van der Waals surface area contributed by atoms with Gasteiger partial charge in [-0.2, -0.15) is 0 Å². The summed E-state index contributed by atoms with van der Waals surface area (Å²) in [5.41, 5.74) is 2.91. The van der Waals surface area contributed by atoms with Crippen LogP contribution in [0.1, 0.15) is 27.5 Å². The standard InChI is InChI=1S/C29H27F2N5O3/c1-32-26-15-21(10-12-25(26)35-18-37)39-17-27(20-6-3-2-4-7-20)36-28-22(8-5-13-33-28)29(38)34-16-19-9-11-23(30)24(31)14-19/h2-15,18,27,32H,16-17H2,1H3,(H,33,36)(H,34,38)(H,35,37). The van der Waals surface area contributed by atoms with Gasteiger partial charge in [0.2, 0.25) is 6.41 Å². The first-order chi connectivity index (χ1) is 19.0. The highest BCUT2D eigenvalue weighted by Gasteiger charge is 2.19. The number of carbonyl (C=O) groups excluding carboxylic acids is 2. The molecule has 1 unspecified atom stereocenters. The summed E-state index contributed by atoms with van der Waals surface area (Å²) in [6.45, 7) is 0.207. The lowest BCUT2D eigenvalue weighted by atomic mass is 10.1. The second-order valence-electron chi connectivity index (χ2n) is 8.47. The monoisotopic (exact) mass is 531 g/mol. The summed E-state index contributed by atoms with van der Waals surface area (Å²) < 4.78 is 32.9. The predicted molar refractivity (Wildman–Crippen MR) is 146 cm³/mol. The highest BCUT2D eigenvalue weighted by molar-refractivity contribution is 5.98. The van der Waals surface area contributed by atoms with E-state index in [1.807, 2.05) is 30.3 Å². The number of anilines is 3. The van der Waals surface area contributed by atoms with E-state index < -0.39 is 17.5 Å². The van der Waals surface area contributed by atoms with Crippen LogP contribution in [-0.4, -0.2) is 31.0 Å². The van der Waals surface area contributed by atoms with Crippen LogP contribution in [0.2, 0.25) is 0 Å². The molecule has 0 saturated heterocycles. The van der Waals surface area contributed by atoms with Crippen LogP contribution in [0.25, 0.3) is 0 Å². The molecule has 1 aromatic heterocycles. The molecule has 2 amide bonds. The van der Waals surface area contributed by atoms with Crippen molar-refractivity contribution in [3.63, 3.8) is 0 Å². The van der Waals surface area contributed by atoms with E-state index in [2.05, 4.69) is 26.3 Å². The van der Waals surface area contributed by atoms with Crippen LogP contribution in [0.15, 0.2) is 85.1 Å². The van der Waals surface area contributed by atoms with Crippen molar-refractivity contribution in [1.82, 2.24) is 10.3 Å². The zero-order valence-electron chi connectivity index (χ0n) is 21.1. The van der Waals surface area contributed by atoms with Crippen molar-refractivity contribution in [2.75, 3.05) is 29.6 Å². The average Bonchev–Trinajstić information content (AvgIpc) is 2.97. The number of carbonyl (C=O) groups is 2. The van der Waals surface area contributed by atoms with Crippen molar-refractivity contribution in [3.05, 3.63) is 113 Å². The Morgan fingerprint density at radius 2 is 1.79 bits per heavy atom. The van der Waals surface area contributed by atoms with Crippen molar-refractivity contribution in [3.8, 4) is 5.75 Å². The molecule has 39 heavy (non-hydrogen) atoms. The zero-order chi connectivity index (χ0) is 27.6. The lowest BCUT2D eigenvalue weighted by Gasteiger charge is -2.22. The third-order valence-electron chi connectivity index (χ3n) is 5.89.